The van der Waals surface area contributed by atoms with Crippen LogP contribution < -0.4 is 0 Å². The second-order valence-corrected chi connectivity index (χ2v) is 6.59. The van der Waals surface area contributed by atoms with Crippen molar-refractivity contribution in [2.45, 2.75) is 32.4 Å². The van der Waals surface area contributed by atoms with Crippen molar-refractivity contribution >= 4 is 0 Å². The molecule has 0 radical (unpaired) electrons. The molecule has 0 aliphatic carbocycles. The van der Waals surface area contributed by atoms with E-state index < -0.39 is 0 Å². The number of piperazine rings is 1. The maximum Gasteiger partial charge on any atom is 0.137 e. The summed E-state index contributed by atoms with van der Waals surface area (Å²) >= 11 is 0. The van der Waals surface area contributed by atoms with Gasteiger partial charge in [0.05, 0.1) is 5.69 Å². The molecule has 2 aliphatic heterocycles. The molecule has 116 valence electrons. The van der Waals surface area contributed by atoms with Crippen LogP contribution in [0.25, 0.3) is 11.4 Å². The maximum absolute atomic E-state index is 4.85. The fourth-order valence-corrected chi connectivity index (χ4v) is 3.79. The van der Waals surface area contributed by atoms with E-state index in [2.05, 4.69) is 46.0 Å². The highest BCUT2D eigenvalue weighted by atomic mass is 15.3. The van der Waals surface area contributed by atoms with Gasteiger partial charge in [-0.3, -0.25) is 9.80 Å². The summed E-state index contributed by atoms with van der Waals surface area (Å²) in [6.07, 6.45) is 2.74. The minimum Gasteiger partial charge on any atom is -0.342 e. The summed E-state index contributed by atoms with van der Waals surface area (Å²) in [6.45, 7) is 8.01. The minimum absolute atomic E-state index is 0.779. The van der Waals surface area contributed by atoms with Crippen molar-refractivity contribution in [2.24, 2.45) is 0 Å². The van der Waals surface area contributed by atoms with Crippen molar-refractivity contribution in [3.05, 3.63) is 41.7 Å². The Labute approximate surface area is 132 Å². The Kier molecular flexibility index (Phi) is 3.72. The quantitative estimate of drug-likeness (QED) is 0.946. The first-order valence-corrected chi connectivity index (χ1v) is 8.37. The van der Waals surface area contributed by atoms with E-state index in [1.165, 1.54) is 50.4 Å². The van der Waals surface area contributed by atoms with Crippen molar-refractivity contribution < 1.29 is 0 Å². The number of aromatic nitrogens is 2. The van der Waals surface area contributed by atoms with Gasteiger partial charge in [-0.05, 0) is 26.3 Å². The molecule has 22 heavy (non-hydrogen) atoms. The van der Waals surface area contributed by atoms with E-state index in [0.29, 0.717) is 0 Å². The van der Waals surface area contributed by atoms with Crippen LogP contribution in [0.4, 0.5) is 0 Å². The van der Waals surface area contributed by atoms with Gasteiger partial charge in [0, 0.05) is 43.5 Å². The molecule has 0 bridgehead atoms. The molecule has 1 N–H and O–H groups in total. The lowest BCUT2D eigenvalue weighted by Gasteiger charge is -2.37. The average Bonchev–Trinajstić information content (AvgIpc) is 3.15. The Bertz CT molecular complexity index is 634. The third-order valence-corrected chi connectivity index (χ3v) is 5.08. The van der Waals surface area contributed by atoms with Crippen LogP contribution in [0.5, 0.6) is 0 Å². The summed E-state index contributed by atoms with van der Waals surface area (Å²) < 4.78 is 0. The van der Waals surface area contributed by atoms with Crippen LogP contribution in [-0.4, -0.2) is 52.0 Å². The first-order chi connectivity index (χ1) is 10.8. The number of nitrogens with zero attached hydrogens (tertiary/aromatic N) is 3. The third kappa shape index (κ3) is 2.69. The van der Waals surface area contributed by atoms with E-state index in [0.717, 1.165) is 24.0 Å². The molecule has 2 fully saturated rings. The Morgan fingerprint density at radius 1 is 1.18 bits per heavy atom. The standard InChI is InChI=1S/C18H24N4/c1-14-17(20-18(19-14)15-6-3-2-4-7-15)13-21-10-11-22-9-5-8-16(22)12-21/h2-4,6-7,16H,5,8-13H2,1H3,(H,19,20). The zero-order valence-electron chi connectivity index (χ0n) is 13.3. The van der Waals surface area contributed by atoms with Gasteiger partial charge >= 0.3 is 0 Å². The molecule has 0 spiro atoms. The molecule has 1 atom stereocenters. The van der Waals surface area contributed by atoms with Crippen molar-refractivity contribution in [2.75, 3.05) is 26.2 Å². The number of H-pyrrole nitrogens is 1. The number of benzene rings is 1. The lowest BCUT2D eigenvalue weighted by Crippen LogP contribution is -2.49. The van der Waals surface area contributed by atoms with Gasteiger partial charge in [0.25, 0.3) is 0 Å². The minimum atomic E-state index is 0.779. The van der Waals surface area contributed by atoms with Crippen LogP contribution in [-0.2, 0) is 6.54 Å². The van der Waals surface area contributed by atoms with E-state index in [4.69, 9.17) is 4.98 Å². The predicted octanol–water partition coefficient (Wildman–Crippen LogP) is 2.67. The number of hydrogen-bond donors (Lipinski definition) is 1. The second-order valence-electron chi connectivity index (χ2n) is 6.59. The van der Waals surface area contributed by atoms with Gasteiger partial charge in [0.2, 0.25) is 0 Å². The summed E-state index contributed by atoms with van der Waals surface area (Å²) in [5, 5.41) is 0. The SMILES string of the molecule is Cc1[nH]c(-c2ccccc2)nc1CN1CCN2CCCC2C1. The smallest absolute Gasteiger partial charge is 0.137 e. The predicted molar refractivity (Wildman–Crippen MR) is 88.6 cm³/mol. The molecule has 2 saturated heterocycles. The Morgan fingerprint density at radius 3 is 2.91 bits per heavy atom. The number of aromatic amines is 1. The molecule has 1 aromatic heterocycles. The topological polar surface area (TPSA) is 35.2 Å². The van der Waals surface area contributed by atoms with Gasteiger partial charge < -0.3 is 4.98 Å². The van der Waals surface area contributed by atoms with E-state index in [9.17, 15) is 0 Å². The van der Waals surface area contributed by atoms with E-state index in [1.54, 1.807) is 0 Å². The van der Waals surface area contributed by atoms with E-state index in [1.807, 2.05) is 6.07 Å². The lowest BCUT2D eigenvalue weighted by molar-refractivity contribution is 0.0984. The van der Waals surface area contributed by atoms with Crippen molar-refractivity contribution in [3.63, 3.8) is 0 Å². The molecule has 2 aromatic rings. The van der Waals surface area contributed by atoms with Crippen LogP contribution in [0, 0.1) is 6.92 Å². The molecular weight excluding hydrogens is 272 g/mol. The van der Waals surface area contributed by atoms with Gasteiger partial charge in [0.1, 0.15) is 5.82 Å². The van der Waals surface area contributed by atoms with Crippen LogP contribution in [0.1, 0.15) is 24.2 Å². The van der Waals surface area contributed by atoms with Gasteiger partial charge in [-0.25, -0.2) is 4.98 Å². The largest absolute Gasteiger partial charge is 0.342 e. The van der Waals surface area contributed by atoms with Crippen LogP contribution in [0.3, 0.4) is 0 Å². The Balaban J connectivity index is 1.48. The zero-order valence-corrected chi connectivity index (χ0v) is 13.3. The van der Waals surface area contributed by atoms with Crippen molar-refractivity contribution in [1.29, 1.82) is 0 Å². The molecule has 1 aromatic carbocycles. The van der Waals surface area contributed by atoms with E-state index >= 15 is 0 Å². The molecule has 3 heterocycles. The normalized spacial score (nSPS) is 22.9. The van der Waals surface area contributed by atoms with E-state index in [-0.39, 0.29) is 0 Å². The number of hydrogen-bond acceptors (Lipinski definition) is 3. The second kappa shape index (κ2) is 5.86. The highest BCUT2D eigenvalue weighted by Crippen LogP contribution is 2.24. The van der Waals surface area contributed by atoms with Crippen LogP contribution >= 0.6 is 0 Å². The van der Waals surface area contributed by atoms with Crippen LogP contribution in [0.2, 0.25) is 0 Å². The van der Waals surface area contributed by atoms with Crippen LogP contribution in [0.15, 0.2) is 30.3 Å². The molecule has 4 heteroatoms. The first-order valence-electron chi connectivity index (χ1n) is 8.37. The molecule has 1 unspecified atom stereocenters. The molecular formula is C18H24N4. The summed E-state index contributed by atoms with van der Waals surface area (Å²) in [4.78, 5) is 13.5. The zero-order chi connectivity index (χ0) is 14.9. The van der Waals surface area contributed by atoms with Gasteiger partial charge in [-0.2, -0.15) is 0 Å². The van der Waals surface area contributed by atoms with Gasteiger partial charge in [-0.1, -0.05) is 30.3 Å². The third-order valence-electron chi connectivity index (χ3n) is 5.08. The van der Waals surface area contributed by atoms with Gasteiger partial charge in [0.15, 0.2) is 0 Å². The highest BCUT2D eigenvalue weighted by Gasteiger charge is 2.30. The first kappa shape index (κ1) is 14.0. The highest BCUT2D eigenvalue weighted by molar-refractivity contribution is 5.55. The fraction of sp³-hybridized carbons (Fsp3) is 0.500. The Hall–Kier alpha value is -1.65. The molecule has 0 amide bonds. The molecule has 0 saturated carbocycles. The average molecular weight is 296 g/mol. The lowest BCUT2D eigenvalue weighted by atomic mass is 10.1. The van der Waals surface area contributed by atoms with Crippen molar-refractivity contribution in [1.82, 2.24) is 19.8 Å². The monoisotopic (exact) mass is 296 g/mol. The number of imidazole rings is 1. The summed E-state index contributed by atoms with van der Waals surface area (Å²) in [6, 6.07) is 11.2. The molecule has 2 aliphatic rings. The number of rotatable bonds is 3. The summed E-state index contributed by atoms with van der Waals surface area (Å²) in [5.41, 5.74) is 3.57. The number of fused-ring (bicyclic) bond motifs is 1. The summed E-state index contributed by atoms with van der Waals surface area (Å²) in [5.74, 6) is 0.993. The maximum atomic E-state index is 4.85. The van der Waals surface area contributed by atoms with Crippen molar-refractivity contribution in [3.8, 4) is 11.4 Å². The summed E-state index contributed by atoms with van der Waals surface area (Å²) in [7, 11) is 0. The fourth-order valence-electron chi connectivity index (χ4n) is 3.79. The Morgan fingerprint density at radius 2 is 2.05 bits per heavy atom. The molecule has 4 nitrogen and oxygen atoms in total. The number of aryl methyl sites for hydroxylation is 1. The number of nitrogens with one attached hydrogen (secondary N) is 1. The molecule has 4 rings (SSSR count). The van der Waals surface area contributed by atoms with Gasteiger partial charge in [-0.15, -0.1) is 0 Å².